The van der Waals surface area contributed by atoms with E-state index in [0.29, 0.717) is 0 Å². The van der Waals surface area contributed by atoms with Crippen LogP contribution in [0.3, 0.4) is 0 Å². The average Bonchev–Trinajstić information content (AvgIpc) is 2.15. The first-order chi connectivity index (χ1) is 5.86. The highest BCUT2D eigenvalue weighted by Crippen LogP contribution is 2.19. The molecule has 12 heavy (non-hydrogen) atoms. The van der Waals surface area contributed by atoms with Crippen LogP contribution in [-0.4, -0.2) is 17.8 Å². The lowest BCUT2D eigenvalue weighted by Gasteiger charge is -2.01. The van der Waals surface area contributed by atoms with Crippen LogP contribution in [0.1, 0.15) is 13.3 Å². The number of aromatic nitrogens is 1. The van der Waals surface area contributed by atoms with Crippen molar-refractivity contribution < 1.29 is 0 Å². The molecule has 0 fully saturated rings. The van der Waals surface area contributed by atoms with E-state index in [1.165, 1.54) is 17.1 Å². The van der Waals surface area contributed by atoms with Crippen LogP contribution in [0.25, 0.3) is 0 Å². The Kier molecular flexibility index (Phi) is 3.94. The monoisotopic (exact) mass is 182 g/mol. The lowest BCUT2D eigenvalue weighted by atomic mass is 10.5. The summed E-state index contributed by atoms with van der Waals surface area (Å²) in [5.74, 6) is 2.11. The van der Waals surface area contributed by atoms with E-state index in [1.807, 2.05) is 31.1 Å². The summed E-state index contributed by atoms with van der Waals surface area (Å²) >= 11 is 1.87. The van der Waals surface area contributed by atoms with Crippen molar-refractivity contribution in [2.75, 3.05) is 18.1 Å². The van der Waals surface area contributed by atoms with Gasteiger partial charge in [-0.2, -0.15) is 0 Å². The van der Waals surface area contributed by atoms with E-state index in [4.69, 9.17) is 0 Å². The van der Waals surface area contributed by atoms with Crippen molar-refractivity contribution in [3.8, 4) is 0 Å². The molecule has 0 aromatic carbocycles. The van der Waals surface area contributed by atoms with Gasteiger partial charge < -0.3 is 5.32 Å². The standard InChI is InChI=1S/C9H14N2S/c1-3-6-12-8-4-5-11-9(7-8)10-2/h4-5,7H,3,6H2,1-2H3,(H,10,11). The minimum Gasteiger partial charge on any atom is -0.373 e. The first-order valence-electron chi connectivity index (χ1n) is 4.13. The largest absolute Gasteiger partial charge is 0.373 e. The molecule has 0 saturated carbocycles. The molecule has 0 aliphatic heterocycles. The second-order valence-electron chi connectivity index (χ2n) is 2.48. The van der Waals surface area contributed by atoms with Crippen LogP contribution in [0, 0.1) is 0 Å². The highest BCUT2D eigenvalue weighted by molar-refractivity contribution is 7.99. The third kappa shape index (κ3) is 2.74. The van der Waals surface area contributed by atoms with E-state index < -0.39 is 0 Å². The molecule has 1 aromatic heterocycles. The van der Waals surface area contributed by atoms with Crippen molar-refractivity contribution in [2.45, 2.75) is 18.2 Å². The number of nitrogens with one attached hydrogen (secondary N) is 1. The smallest absolute Gasteiger partial charge is 0.126 e. The van der Waals surface area contributed by atoms with Crippen molar-refractivity contribution in [2.24, 2.45) is 0 Å². The molecule has 0 radical (unpaired) electrons. The molecular formula is C9H14N2S. The van der Waals surface area contributed by atoms with Crippen molar-refractivity contribution >= 4 is 17.6 Å². The molecule has 2 nitrogen and oxygen atoms in total. The van der Waals surface area contributed by atoms with E-state index in [-0.39, 0.29) is 0 Å². The van der Waals surface area contributed by atoms with Gasteiger partial charge in [0.25, 0.3) is 0 Å². The first kappa shape index (κ1) is 9.39. The molecule has 0 amide bonds. The van der Waals surface area contributed by atoms with Gasteiger partial charge in [0.2, 0.25) is 0 Å². The fourth-order valence-corrected chi connectivity index (χ4v) is 1.65. The van der Waals surface area contributed by atoms with Gasteiger partial charge in [-0.1, -0.05) is 6.92 Å². The van der Waals surface area contributed by atoms with Gasteiger partial charge in [0.1, 0.15) is 5.82 Å². The quantitative estimate of drug-likeness (QED) is 0.725. The highest BCUT2D eigenvalue weighted by Gasteiger charge is 1.94. The highest BCUT2D eigenvalue weighted by atomic mass is 32.2. The molecule has 1 rings (SSSR count). The third-order valence-electron chi connectivity index (χ3n) is 1.46. The van der Waals surface area contributed by atoms with Crippen molar-refractivity contribution in [3.05, 3.63) is 18.3 Å². The minimum absolute atomic E-state index is 0.941. The molecule has 1 aromatic rings. The Labute approximate surface area is 77.8 Å². The van der Waals surface area contributed by atoms with Gasteiger partial charge in [-0.05, 0) is 24.3 Å². The molecule has 1 heterocycles. The third-order valence-corrected chi connectivity index (χ3v) is 2.66. The molecule has 0 bridgehead atoms. The molecule has 1 N–H and O–H groups in total. The summed E-state index contributed by atoms with van der Waals surface area (Å²) in [6.07, 6.45) is 3.05. The van der Waals surface area contributed by atoms with Crippen LogP contribution in [-0.2, 0) is 0 Å². The van der Waals surface area contributed by atoms with Gasteiger partial charge in [-0.25, -0.2) is 4.98 Å². The van der Waals surface area contributed by atoms with Crippen molar-refractivity contribution in [1.82, 2.24) is 4.98 Å². The zero-order valence-corrected chi connectivity index (χ0v) is 8.32. The average molecular weight is 182 g/mol. The lowest BCUT2D eigenvalue weighted by Crippen LogP contribution is -1.91. The van der Waals surface area contributed by atoms with E-state index >= 15 is 0 Å². The number of pyridine rings is 1. The number of nitrogens with zero attached hydrogens (tertiary/aromatic N) is 1. The SMILES string of the molecule is CCCSc1ccnc(NC)c1. The number of thioether (sulfide) groups is 1. The Morgan fingerprint density at radius 2 is 2.42 bits per heavy atom. The number of hydrogen-bond donors (Lipinski definition) is 1. The lowest BCUT2D eigenvalue weighted by molar-refractivity contribution is 1.10. The number of rotatable bonds is 4. The second-order valence-corrected chi connectivity index (χ2v) is 3.64. The summed E-state index contributed by atoms with van der Waals surface area (Å²) < 4.78 is 0. The maximum atomic E-state index is 4.14. The van der Waals surface area contributed by atoms with Gasteiger partial charge >= 0.3 is 0 Å². The summed E-state index contributed by atoms with van der Waals surface area (Å²) in [5, 5.41) is 3.02. The molecule has 0 spiro atoms. The van der Waals surface area contributed by atoms with Gasteiger partial charge in [-0.15, -0.1) is 11.8 Å². The van der Waals surface area contributed by atoms with Crippen LogP contribution in [0.15, 0.2) is 23.2 Å². The summed E-state index contributed by atoms with van der Waals surface area (Å²) in [5.41, 5.74) is 0. The molecule has 0 saturated heterocycles. The van der Waals surface area contributed by atoms with Gasteiger partial charge in [0.15, 0.2) is 0 Å². The molecule has 0 aliphatic rings. The fourth-order valence-electron chi connectivity index (χ4n) is 0.858. The Bertz CT molecular complexity index is 238. The molecule has 3 heteroatoms. The van der Waals surface area contributed by atoms with Crippen LogP contribution in [0.4, 0.5) is 5.82 Å². The summed E-state index contributed by atoms with van der Waals surface area (Å²) in [6, 6.07) is 4.11. The fraction of sp³-hybridized carbons (Fsp3) is 0.444. The molecule has 0 unspecified atom stereocenters. The van der Waals surface area contributed by atoms with Gasteiger partial charge in [-0.3, -0.25) is 0 Å². The Morgan fingerprint density at radius 1 is 1.58 bits per heavy atom. The molecular weight excluding hydrogens is 168 g/mol. The van der Waals surface area contributed by atoms with E-state index in [0.717, 1.165) is 5.82 Å². The zero-order chi connectivity index (χ0) is 8.81. The summed E-state index contributed by atoms with van der Waals surface area (Å²) in [7, 11) is 1.89. The minimum atomic E-state index is 0.941. The first-order valence-corrected chi connectivity index (χ1v) is 5.12. The summed E-state index contributed by atoms with van der Waals surface area (Å²) in [6.45, 7) is 2.19. The number of hydrogen-bond acceptors (Lipinski definition) is 3. The van der Waals surface area contributed by atoms with E-state index in [1.54, 1.807) is 0 Å². The van der Waals surface area contributed by atoms with E-state index in [9.17, 15) is 0 Å². The maximum absolute atomic E-state index is 4.14. The molecule has 66 valence electrons. The Hall–Kier alpha value is -0.700. The van der Waals surface area contributed by atoms with Crippen LogP contribution < -0.4 is 5.32 Å². The Balaban J connectivity index is 2.60. The van der Waals surface area contributed by atoms with Gasteiger partial charge in [0, 0.05) is 18.1 Å². The normalized spacial score (nSPS) is 9.83. The molecule has 0 atom stereocenters. The zero-order valence-electron chi connectivity index (χ0n) is 7.50. The van der Waals surface area contributed by atoms with Crippen molar-refractivity contribution in [3.63, 3.8) is 0 Å². The number of anilines is 1. The predicted octanol–water partition coefficient (Wildman–Crippen LogP) is 2.63. The van der Waals surface area contributed by atoms with Crippen molar-refractivity contribution in [1.29, 1.82) is 0 Å². The summed E-state index contributed by atoms with van der Waals surface area (Å²) in [4.78, 5) is 5.43. The topological polar surface area (TPSA) is 24.9 Å². The van der Waals surface area contributed by atoms with Gasteiger partial charge in [0.05, 0.1) is 0 Å². The predicted molar refractivity (Wildman–Crippen MR) is 54.8 cm³/mol. The Morgan fingerprint density at radius 3 is 3.08 bits per heavy atom. The second kappa shape index (κ2) is 5.04. The van der Waals surface area contributed by atoms with Crippen LogP contribution in [0.5, 0.6) is 0 Å². The van der Waals surface area contributed by atoms with Crippen LogP contribution >= 0.6 is 11.8 Å². The van der Waals surface area contributed by atoms with E-state index in [2.05, 4.69) is 23.3 Å². The van der Waals surface area contributed by atoms with Crippen LogP contribution in [0.2, 0.25) is 0 Å². The maximum Gasteiger partial charge on any atom is 0.126 e. The molecule has 0 aliphatic carbocycles.